The fourth-order valence-electron chi connectivity index (χ4n) is 1.25. The Labute approximate surface area is 90.1 Å². The summed E-state index contributed by atoms with van der Waals surface area (Å²) in [6.07, 6.45) is 1.95. The summed E-state index contributed by atoms with van der Waals surface area (Å²) >= 11 is 4.12. The molecule has 0 saturated heterocycles. The smallest absolute Gasteiger partial charge is 0.123 e. The fraction of sp³-hybridized carbons (Fsp3) is 0.455. The van der Waals surface area contributed by atoms with E-state index in [0.717, 1.165) is 37.2 Å². The molecule has 0 spiro atoms. The molecule has 3 heteroatoms. The van der Waals surface area contributed by atoms with Gasteiger partial charge in [0.05, 0.1) is 0 Å². The Bertz CT molecular complexity index is 265. The summed E-state index contributed by atoms with van der Waals surface area (Å²) in [6.45, 7) is 1.88. The highest BCUT2D eigenvalue weighted by molar-refractivity contribution is 7.80. The van der Waals surface area contributed by atoms with E-state index in [4.69, 9.17) is 0 Å². The third-order valence-corrected chi connectivity index (χ3v) is 2.31. The number of halogens is 1. The molecule has 1 N–H and O–H groups in total. The molecular weight excluding hydrogens is 197 g/mol. The molecule has 0 bridgehead atoms. The molecular formula is C11H16FNS. The van der Waals surface area contributed by atoms with Crippen LogP contribution in [0.5, 0.6) is 0 Å². The standard InChI is InChI=1S/C11H16FNS/c12-11-4-1-3-10(9-11)5-7-13-6-2-8-14/h1,3-4,9,13-14H,2,5-8H2. The van der Waals surface area contributed by atoms with Gasteiger partial charge in [-0.1, -0.05) is 12.1 Å². The van der Waals surface area contributed by atoms with Crippen molar-refractivity contribution in [2.24, 2.45) is 0 Å². The van der Waals surface area contributed by atoms with Crippen molar-refractivity contribution in [3.63, 3.8) is 0 Å². The molecule has 0 aliphatic rings. The zero-order valence-corrected chi connectivity index (χ0v) is 9.06. The normalized spacial score (nSPS) is 10.4. The maximum Gasteiger partial charge on any atom is 0.123 e. The Hall–Kier alpha value is -0.540. The second-order valence-electron chi connectivity index (χ2n) is 3.21. The molecule has 14 heavy (non-hydrogen) atoms. The van der Waals surface area contributed by atoms with Crippen LogP contribution in [0.3, 0.4) is 0 Å². The second kappa shape index (κ2) is 6.85. The third-order valence-electron chi connectivity index (χ3n) is 1.99. The summed E-state index contributed by atoms with van der Waals surface area (Å²) in [5.74, 6) is 0.755. The van der Waals surface area contributed by atoms with Gasteiger partial charge in [0.15, 0.2) is 0 Å². The van der Waals surface area contributed by atoms with Gasteiger partial charge in [0.2, 0.25) is 0 Å². The summed E-state index contributed by atoms with van der Waals surface area (Å²) in [4.78, 5) is 0. The van der Waals surface area contributed by atoms with Crippen molar-refractivity contribution in [2.45, 2.75) is 12.8 Å². The number of nitrogens with one attached hydrogen (secondary N) is 1. The van der Waals surface area contributed by atoms with Crippen LogP contribution in [0.25, 0.3) is 0 Å². The van der Waals surface area contributed by atoms with E-state index in [9.17, 15) is 4.39 Å². The molecule has 0 saturated carbocycles. The molecule has 78 valence electrons. The summed E-state index contributed by atoms with van der Waals surface area (Å²) in [5, 5.41) is 3.28. The molecule has 0 aliphatic carbocycles. The highest BCUT2D eigenvalue weighted by atomic mass is 32.1. The minimum Gasteiger partial charge on any atom is -0.316 e. The lowest BCUT2D eigenvalue weighted by Gasteiger charge is -2.03. The van der Waals surface area contributed by atoms with Crippen LogP contribution >= 0.6 is 12.6 Å². The van der Waals surface area contributed by atoms with E-state index in [1.807, 2.05) is 6.07 Å². The fourth-order valence-corrected chi connectivity index (χ4v) is 1.41. The van der Waals surface area contributed by atoms with Crippen LogP contribution in [0.4, 0.5) is 4.39 Å². The zero-order chi connectivity index (χ0) is 10.2. The number of thiol groups is 1. The zero-order valence-electron chi connectivity index (χ0n) is 8.17. The van der Waals surface area contributed by atoms with E-state index in [0.29, 0.717) is 0 Å². The van der Waals surface area contributed by atoms with Gasteiger partial charge < -0.3 is 5.32 Å². The minimum absolute atomic E-state index is 0.155. The van der Waals surface area contributed by atoms with Gasteiger partial charge in [-0.2, -0.15) is 12.6 Å². The summed E-state index contributed by atoms with van der Waals surface area (Å²) in [7, 11) is 0. The van der Waals surface area contributed by atoms with Crippen LogP contribution < -0.4 is 5.32 Å². The molecule has 0 atom stereocenters. The minimum atomic E-state index is -0.155. The maximum atomic E-state index is 12.8. The average molecular weight is 213 g/mol. The van der Waals surface area contributed by atoms with Gasteiger partial charge in [0, 0.05) is 0 Å². The highest BCUT2D eigenvalue weighted by Crippen LogP contribution is 2.03. The van der Waals surface area contributed by atoms with Crippen LogP contribution in [0, 0.1) is 5.82 Å². The molecule has 0 unspecified atom stereocenters. The summed E-state index contributed by atoms with van der Waals surface area (Å²) in [5.41, 5.74) is 1.04. The van der Waals surface area contributed by atoms with Crippen molar-refractivity contribution in [3.8, 4) is 0 Å². The monoisotopic (exact) mass is 213 g/mol. The first-order valence-electron chi connectivity index (χ1n) is 4.89. The lowest BCUT2D eigenvalue weighted by Crippen LogP contribution is -2.18. The predicted octanol–water partition coefficient (Wildman–Crippen LogP) is 2.28. The van der Waals surface area contributed by atoms with Gasteiger partial charge in [0.1, 0.15) is 5.82 Å². The molecule has 0 aliphatic heterocycles. The topological polar surface area (TPSA) is 12.0 Å². The van der Waals surface area contributed by atoms with Crippen molar-refractivity contribution in [1.29, 1.82) is 0 Å². The van der Waals surface area contributed by atoms with Gasteiger partial charge in [-0.3, -0.25) is 0 Å². The molecule has 0 heterocycles. The Balaban J connectivity index is 2.18. The van der Waals surface area contributed by atoms with Crippen LogP contribution in [0.1, 0.15) is 12.0 Å². The van der Waals surface area contributed by atoms with Crippen LogP contribution in [-0.2, 0) is 6.42 Å². The Morgan fingerprint density at radius 3 is 2.86 bits per heavy atom. The van der Waals surface area contributed by atoms with Gasteiger partial charge in [0.25, 0.3) is 0 Å². The number of benzene rings is 1. The number of rotatable bonds is 6. The number of hydrogen-bond acceptors (Lipinski definition) is 2. The van der Waals surface area contributed by atoms with Crippen LogP contribution in [0.15, 0.2) is 24.3 Å². The molecule has 0 aromatic heterocycles. The van der Waals surface area contributed by atoms with Crippen molar-refractivity contribution in [3.05, 3.63) is 35.6 Å². The largest absolute Gasteiger partial charge is 0.316 e. The Morgan fingerprint density at radius 1 is 1.29 bits per heavy atom. The van der Waals surface area contributed by atoms with E-state index < -0.39 is 0 Å². The summed E-state index contributed by atoms with van der Waals surface area (Å²) < 4.78 is 12.8. The first-order chi connectivity index (χ1) is 6.83. The van der Waals surface area contributed by atoms with Crippen LogP contribution in [0.2, 0.25) is 0 Å². The maximum absolute atomic E-state index is 12.8. The first kappa shape index (κ1) is 11.5. The van der Waals surface area contributed by atoms with E-state index in [-0.39, 0.29) is 5.82 Å². The predicted molar refractivity (Wildman–Crippen MR) is 61.4 cm³/mol. The number of hydrogen-bond donors (Lipinski definition) is 2. The van der Waals surface area contributed by atoms with Gasteiger partial charge >= 0.3 is 0 Å². The highest BCUT2D eigenvalue weighted by Gasteiger charge is 1.94. The van der Waals surface area contributed by atoms with E-state index >= 15 is 0 Å². The molecule has 0 fully saturated rings. The van der Waals surface area contributed by atoms with Crippen molar-refractivity contribution in [1.82, 2.24) is 5.32 Å². The van der Waals surface area contributed by atoms with E-state index in [1.165, 1.54) is 6.07 Å². The third kappa shape index (κ3) is 4.63. The quantitative estimate of drug-likeness (QED) is 0.546. The van der Waals surface area contributed by atoms with Crippen molar-refractivity contribution < 1.29 is 4.39 Å². The van der Waals surface area contributed by atoms with Gasteiger partial charge in [-0.05, 0) is 49.4 Å². The van der Waals surface area contributed by atoms with E-state index in [2.05, 4.69) is 17.9 Å². The molecule has 1 nitrogen and oxygen atoms in total. The molecule has 1 aromatic rings. The van der Waals surface area contributed by atoms with Crippen molar-refractivity contribution >= 4 is 12.6 Å². The Morgan fingerprint density at radius 2 is 2.14 bits per heavy atom. The SMILES string of the molecule is Fc1cccc(CCNCCCS)c1. The van der Waals surface area contributed by atoms with E-state index in [1.54, 1.807) is 12.1 Å². The second-order valence-corrected chi connectivity index (χ2v) is 3.65. The van der Waals surface area contributed by atoms with Gasteiger partial charge in [-0.15, -0.1) is 0 Å². The first-order valence-corrected chi connectivity index (χ1v) is 5.52. The van der Waals surface area contributed by atoms with Gasteiger partial charge in [-0.25, -0.2) is 4.39 Å². The lowest BCUT2D eigenvalue weighted by atomic mass is 10.1. The van der Waals surface area contributed by atoms with Crippen molar-refractivity contribution in [2.75, 3.05) is 18.8 Å². The van der Waals surface area contributed by atoms with Crippen LogP contribution in [-0.4, -0.2) is 18.8 Å². The summed E-state index contributed by atoms with van der Waals surface area (Å²) in [6, 6.07) is 6.75. The Kier molecular flexibility index (Phi) is 5.64. The lowest BCUT2D eigenvalue weighted by molar-refractivity contribution is 0.622. The molecule has 0 radical (unpaired) electrons. The molecule has 1 aromatic carbocycles. The average Bonchev–Trinajstić information content (AvgIpc) is 2.18. The molecule has 1 rings (SSSR count). The molecule has 0 amide bonds.